The first-order valence-corrected chi connectivity index (χ1v) is 11.5. The standard InChI is InChI=1S/C24H24N2O4S/c1-16-6-7-17-8-13-23(22(17)14-16)25-24(27)18-4-3-5-21(15-18)31(28,29)26-19-9-11-20(30-2)12-10-19/h3-7,9-12,14-15,23,26H,8,13H2,1-2H3,(H,25,27). The van der Waals surface area contributed by atoms with Gasteiger partial charge in [-0.15, -0.1) is 0 Å². The van der Waals surface area contributed by atoms with Crippen LogP contribution in [-0.4, -0.2) is 21.4 Å². The highest BCUT2D eigenvalue weighted by atomic mass is 32.2. The SMILES string of the molecule is COc1ccc(NS(=O)(=O)c2cccc(C(=O)NC3CCc4ccc(C)cc43)c2)cc1. The Kier molecular flexibility index (Phi) is 5.69. The molecule has 160 valence electrons. The predicted octanol–water partition coefficient (Wildman–Crippen LogP) is 4.22. The van der Waals surface area contributed by atoms with Gasteiger partial charge < -0.3 is 10.1 Å². The molecule has 0 saturated carbocycles. The molecular formula is C24H24N2O4S. The fourth-order valence-electron chi connectivity index (χ4n) is 3.79. The lowest BCUT2D eigenvalue weighted by molar-refractivity contribution is 0.0936. The zero-order valence-electron chi connectivity index (χ0n) is 17.4. The van der Waals surface area contributed by atoms with Crippen LogP contribution in [-0.2, 0) is 16.4 Å². The molecule has 1 aliphatic rings. The largest absolute Gasteiger partial charge is 0.497 e. The second-order valence-electron chi connectivity index (χ2n) is 7.63. The number of methoxy groups -OCH3 is 1. The van der Waals surface area contributed by atoms with E-state index < -0.39 is 10.0 Å². The summed E-state index contributed by atoms with van der Waals surface area (Å²) >= 11 is 0. The van der Waals surface area contributed by atoms with Crippen LogP contribution in [0.1, 0.15) is 39.5 Å². The van der Waals surface area contributed by atoms with Gasteiger partial charge in [0.1, 0.15) is 5.75 Å². The number of benzene rings is 3. The first kappa shape index (κ1) is 20.9. The molecule has 0 radical (unpaired) electrons. The number of nitrogens with one attached hydrogen (secondary N) is 2. The van der Waals surface area contributed by atoms with Crippen LogP contribution in [0.25, 0.3) is 0 Å². The van der Waals surface area contributed by atoms with E-state index in [1.54, 1.807) is 43.5 Å². The van der Waals surface area contributed by atoms with Gasteiger partial charge in [0.25, 0.3) is 15.9 Å². The molecule has 4 rings (SSSR count). The number of fused-ring (bicyclic) bond motifs is 1. The van der Waals surface area contributed by atoms with E-state index in [9.17, 15) is 13.2 Å². The molecule has 3 aromatic rings. The van der Waals surface area contributed by atoms with Gasteiger partial charge in [-0.3, -0.25) is 9.52 Å². The van der Waals surface area contributed by atoms with Gasteiger partial charge in [0.2, 0.25) is 0 Å². The zero-order valence-corrected chi connectivity index (χ0v) is 18.2. The molecule has 31 heavy (non-hydrogen) atoms. The number of carbonyl (C=O) groups is 1. The van der Waals surface area contributed by atoms with Crippen molar-refractivity contribution in [2.75, 3.05) is 11.8 Å². The lowest BCUT2D eigenvalue weighted by Crippen LogP contribution is -2.27. The van der Waals surface area contributed by atoms with Gasteiger partial charge in [0.15, 0.2) is 0 Å². The van der Waals surface area contributed by atoms with E-state index in [4.69, 9.17) is 4.74 Å². The monoisotopic (exact) mass is 436 g/mol. The number of carbonyl (C=O) groups excluding carboxylic acids is 1. The summed E-state index contributed by atoms with van der Waals surface area (Å²) in [5, 5.41) is 3.05. The Labute approximate surface area is 182 Å². The summed E-state index contributed by atoms with van der Waals surface area (Å²) in [6, 6.07) is 18.8. The highest BCUT2D eigenvalue weighted by Crippen LogP contribution is 2.32. The Morgan fingerprint density at radius 1 is 1.03 bits per heavy atom. The van der Waals surface area contributed by atoms with Crippen molar-refractivity contribution in [3.05, 3.63) is 89.0 Å². The third-order valence-corrected chi connectivity index (χ3v) is 6.81. The van der Waals surface area contributed by atoms with Crippen LogP contribution in [0.15, 0.2) is 71.6 Å². The van der Waals surface area contributed by atoms with Crippen LogP contribution < -0.4 is 14.8 Å². The molecule has 0 heterocycles. The summed E-state index contributed by atoms with van der Waals surface area (Å²) < 4.78 is 33.2. The van der Waals surface area contributed by atoms with E-state index in [0.29, 0.717) is 17.0 Å². The average Bonchev–Trinajstić information content (AvgIpc) is 3.16. The van der Waals surface area contributed by atoms with Gasteiger partial charge in [0.05, 0.1) is 18.0 Å². The molecule has 0 spiro atoms. The van der Waals surface area contributed by atoms with Crippen LogP contribution in [0.4, 0.5) is 5.69 Å². The maximum Gasteiger partial charge on any atom is 0.261 e. The molecule has 1 unspecified atom stereocenters. The van der Waals surface area contributed by atoms with Crippen molar-refractivity contribution in [1.82, 2.24) is 5.32 Å². The predicted molar refractivity (Wildman–Crippen MR) is 120 cm³/mol. The lowest BCUT2D eigenvalue weighted by atomic mass is 10.0. The lowest BCUT2D eigenvalue weighted by Gasteiger charge is -2.15. The molecular weight excluding hydrogens is 412 g/mol. The average molecular weight is 437 g/mol. The van der Waals surface area contributed by atoms with Crippen LogP contribution in [0.3, 0.4) is 0 Å². The van der Waals surface area contributed by atoms with Crippen LogP contribution in [0.2, 0.25) is 0 Å². The quantitative estimate of drug-likeness (QED) is 0.606. The maximum absolute atomic E-state index is 12.9. The molecule has 0 bridgehead atoms. The third kappa shape index (κ3) is 4.56. The first-order valence-electron chi connectivity index (χ1n) is 10.0. The van der Waals surface area contributed by atoms with E-state index in [1.807, 2.05) is 6.92 Å². The summed E-state index contributed by atoms with van der Waals surface area (Å²) in [5.74, 6) is 0.339. The highest BCUT2D eigenvalue weighted by Gasteiger charge is 2.25. The number of aryl methyl sites for hydroxylation is 2. The Morgan fingerprint density at radius 3 is 2.55 bits per heavy atom. The summed E-state index contributed by atoms with van der Waals surface area (Å²) in [6.45, 7) is 2.03. The van der Waals surface area contributed by atoms with Crippen molar-refractivity contribution in [1.29, 1.82) is 0 Å². The number of sulfonamides is 1. The second-order valence-corrected chi connectivity index (χ2v) is 9.31. The Bertz CT molecular complexity index is 1220. The Morgan fingerprint density at radius 2 is 1.81 bits per heavy atom. The molecule has 1 aliphatic carbocycles. The molecule has 7 heteroatoms. The minimum Gasteiger partial charge on any atom is -0.497 e. The number of amides is 1. The fourth-order valence-corrected chi connectivity index (χ4v) is 4.89. The van der Waals surface area contributed by atoms with Gasteiger partial charge in [-0.1, -0.05) is 29.8 Å². The zero-order chi connectivity index (χ0) is 22.0. The Balaban J connectivity index is 1.51. The number of ether oxygens (including phenoxy) is 1. The molecule has 3 aromatic carbocycles. The van der Waals surface area contributed by atoms with Crippen molar-refractivity contribution < 1.29 is 17.9 Å². The second kappa shape index (κ2) is 8.43. The van der Waals surface area contributed by atoms with E-state index in [1.165, 1.54) is 17.7 Å². The topological polar surface area (TPSA) is 84.5 Å². The van der Waals surface area contributed by atoms with E-state index >= 15 is 0 Å². The highest BCUT2D eigenvalue weighted by molar-refractivity contribution is 7.92. The maximum atomic E-state index is 12.9. The van der Waals surface area contributed by atoms with E-state index in [2.05, 4.69) is 28.2 Å². The normalized spacial score (nSPS) is 15.2. The number of rotatable bonds is 6. The molecule has 1 atom stereocenters. The fraction of sp³-hybridized carbons (Fsp3) is 0.208. The van der Waals surface area contributed by atoms with Crippen molar-refractivity contribution >= 4 is 21.6 Å². The minimum absolute atomic E-state index is 0.0265. The van der Waals surface area contributed by atoms with Crippen molar-refractivity contribution in [2.45, 2.75) is 30.7 Å². The molecule has 1 amide bonds. The van der Waals surface area contributed by atoms with Crippen LogP contribution in [0.5, 0.6) is 5.75 Å². The molecule has 0 aromatic heterocycles. The summed E-state index contributed by atoms with van der Waals surface area (Å²) in [4.78, 5) is 12.9. The Hall–Kier alpha value is -3.32. The third-order valence-electron chi connectivity index (χ3n) is 5.43. The molecule has 2 N–H and O–H groups in total. The van der Waals surface area contributed by atoms with Crippen molar-refractivity contribution in [3.63, 3.8) is 0 Å². The molecule has 0 fully saturated rings. The van der Waals surface area contributed by atoms with Crippen molar-refractivity contribution in [3.8, 4) is 5.75 Å². The summed E-state index contributed by atoms with van der Waals surface area (Å²) in [5.41, 5.74) is 4.25. The molecule has 0 aliphatic heterocycles. The molecule has 6 nitrogen and oxygen atoms in total. The van der Waals surface area contributed by atoms with E-state index in [0.717, 1.165) is 24.0 Å². The van der Waals surface area contributed by atoms with Crippen LogP contribution >= 0.6 is 0 Å². The van der Waals surface area contributed by atoms with Gasteiger partial charge in [-0.2, -0.15) is 0 Å². The van der Waals surface area contributed by atoms with Gasteiger partial charge in [-0.25, -0.2) is 8.42 Å². The van der Waals surface area contributed by atoms with Crippen molar-refractivity contribution in [2.24, 2.45) is 0 Å². The van der Waals surface area contributed by atoms with Gasteiger partial charge in [-0.05, 0) is 73.4 Å². The number of hydrogen-bond acceptors (Lipinski definition) is 4. The molecule has 0 saturated heterocycles. The first-order chi connectivity index (χ1) is 14.9. The van der Waals surface area contributed by atoms with Gasteiger partial charge >= 0.3 is 0 Å². The van der Waals surface area contributed by atoms with E-state index in [-0.39, 0.29) is 16.8 Å². The van der Waals surface area contributed by atoms with Gasteiger partial charge in [0, 0.05) is 11.3 Å². The van der Waals surface area contributed by atoms with Crippen LogP contribution in [0, 0.1) is 6.92 Å². The number of hydrogen-bond donors (Lipinski definition) is 2. The summed E-state index contributed by atoms with van der Waals surface area (Å²) in [7, 11) is -2.30. The number of anilines is 1. The summed E-state index contributed by atoms with van der Waals surface area (Å²) in [6.07, 6.45) is 1.75. The smallest absolute Gasteiger partial charge is 0.261 e. The minimum atomic E-state index is -3.84.